The van der Waals surface area contributed by atoms with E-state index in [1.165, 1.54) is 0 Å². The Balaban J connectivity index is 1.87. The molecule has 0 saturated carbocycles. The van der Waals surface area contributed by atoms with Crippen molar-refractivity contribution in [1.29, 1.82) is 0 Å². The number of rotatable bonds is 9. The maximum Gasteiger partial charge on any atom is 0.338 e. The van der Waals surface area contributed by atoms with Gasteiger partial charge in [-0.15, -0.1) is 0 Å². The Labute approximate surface area is 185 Å². The monoisotopic (exact) mass is 420 g/mol. The van der Waals surface area contributed by atoms with E-state index in [0.29, 0.717) is 17.7 Å². The van der Waals surface area contributed by atoms with Crippen molar-refractivity contribution in [2.75, 3.05) is 7.11 Å². The fourth-order valence-electron chi connectivity index (χ4n) is 2.77. The van der Waals surface area contributed by atoms with Gasteiger partial charge in [-0.3, -0.25) is 0 Å². The van der Waals surface area contributed by atoms with Gasteiger partial charge in [0.1, 0.15) is 11.5 Å². The summed E-state index contributed by atoms with van der Waals surface area (Å²) in [6, 6.07) is 15.2. The van der Waals surface area contributed by atoms with Crippen LogP contribution in [0.3, 0.4) is 0 Å². The van der Waals surface area contributed by atoms with Crippen molar-refractivity contribution < 1.29 is 19.0 Å². The Bertz CT molecular complexity index is 913. The van der Waals surface area contributed by atoms with Crippen molar-refractivity contribution in [3.05, 3.63) is 84.0 Å². The Morgan fingerprint density at radius 1 is 0.935 bits per heavy atom. The average molecular weight is 421 g/mol. The van der Waals surface area contributed by atoms with Crippen LogP contribution >= 0.6 is 0 Å². The molecule has 2 aromatic rings. The van der Waals surface area contributed by atoms with Crippen LogP contribution in [0.25, 0.3) is 12.2 Å². The molecule has 0 bridgehead atoms. The van der Waals surface area contributed by atoms with Gasteiger partial charge in [0, 0.05) is 12.7 Å². The van der Waals surface area contributed by atoms with Crippen molar-refractivity contribution in [3.63, 3.8) is 0 Å². The molecule has 0 spiro atoms. The van der Waals surface area contributed by atoms with E-state index in [1.54, 1.807) is 19.2 Å². The molecule has 1 atom stereocenters. The quantitative estimate of drug-likeness (QED) is 0.149. The van der Waals surface area contributed by atoms with Gasteiger partial charge in [0.05, 0.1) is 0 Å². The second-order valence-corrected chi connectivity index (χ2v) is 8.51. The van der Waals surface area contributed by atoms with Crippen LogP contribution < -0.4 is 9.47 Å². The molecule has 4 nitrogen and oxygen atoms in total. The summed E-state index contributed by atoms with van der Waals surface area (Å²) in [7, 11) is 1.61. The molecule has 0 saturated heterocycles. The van der Waals surface area contributed by atoms with E-state index < -0.39 is 0 Å². The molecule has 31 heavy (non-hydrogen) atoms. The van der Waals surface area contributed by atoms with Crippen molar-refractivity contribution >= 4 is 18.1 Å². The van der Waals surface area contributed by atoms with Gasteiger partial charge in [0.25, 0.3) is 0 Å². The largest absolute Gasteiger partial charge is 0.465 e. The molecule has 0 aliphatic heterocycles. The third kappa shape index (κ3) is 9.06. The molecule has 0 radical (unpaired) electrons. The third-order valence-electron chi connectivity index (χ3n) is 4.33. The van der Waals surface area contributed by atoms with E-state index in [-0.39, 0.29) is 17.7 Å². The number of carbonyl (C=O) groups excluding carboxylic acids is 1. The summed E-state index contributed by atoms with van der Waals surface area (Å²) in [6.45, 7) is 11.9. The molecule has 164 valence electrons. The Hall–Kier alpha value is -3.11. The molecule has 0 aromatic heterocycles. The number of carbonyl (C=O) groups is 1. The van der Waals surface area contributed by atoms with Crippen LogP contribution in [0.15, 0.2) is 72.8 Å². The standard InChI is InChI=1S/C27H32O4/c1-20(19-27(3,4)5)26(28)31-25-17-13-23(14-18-25)10-8-7-9-22-11-15-24(16-12-22)30-21(2)29-6/h7-18,21H,1,19H2,2-6H3. The second kappa shape index (κ2) is 11.3. The number of benzene rings is 2. The first-order valence-corrected chi connectivity index (χ1v) is 10.3. The van der Waals surface area contributed by atoms with Gasteiger partial charge in [0.15, 0.2) is 6.29 Å². The lowest BCUT2D eigenvalue weighted by atomic mass is 9.88. The molecule has 2 rings (SSSR count). The predicted octanol–water partition coefficient (Wildman–Crippen LogP) is 6.68. The van der Waals surface area contributed by atoms with Crippen molar-refractivity contribution in [1.82, 2.24) is 0 Å². The topological polar surface area (TPSA) is 44.8 Å². The number of esters is 1. The first kappa shape index (κ1) is 24.2. The highest BCUT2D eigenvalue weighted by molar-refractivity contribution is 5.89. The SMILES string of the molecule is C=C(CC(C)(C)C)C(=O)Oc1ccc(C=CC=Cc2ccc(OC(C)OC)cc2)cc1. The van der Waals surface area contributed by atoms with E-state index in [0.717, 1.165) is 16.9 Å². The Morgan fingerprint density at radius 3 is 1.87 bits per heavy atom. The van der Waals surface area contributed by atoms with Crippen LogP contribution in [0.4, 0.5) is 0 Å². The number of hydrogen-bond acceptors (Lipinski definition) is 4. The molecule has 0 heterocycles. The normalized spacial score (nSPS) is 12.8. The van der Waals surface area contributed by atoms with Gasteiger partial charge in [-0.2, -0.15) is 0 Å². The highest BCUT2D eigenvalue weighted by Crippen LogP contribution is 2.24. The van der Waals surface area contributed by atoms with Gasteiger partial charge < -0.3 is 14.2 Å². The van der Waals surface area contributed by atoms with Crippen molar-refractivity contribution in [3.8, 4) is 11.5 Å². The summed E-state index contributed by atoms with van der Waals surface area (Å²) in [5, 5.41) is 0. The summed E-state index contributed by atoms with van der Waals surface area (Å²) in [5.41, 5.74) is 2.56. The highest BCUT2D eigenvalue weighted by atomic mass is 16.7. The predicted molar refractivity (Wildman–Crippen MR) is 127 cm³/mol. The summed E-state index contributed by atoms with van der Waals surface area (Å²) < 4.78 is 16.1. The van der Waals surface area contributed by atoms with Crippen LogP contribution in [0.2, 0.25) is 0 Å². The van der Waals surface area contributed by atoms with E-state index in [1.807, 2.05) is 67.6 Å². The van der Waals surface area contributed by atoms with E-state index in [2.05, 4.69) is 27.4 Å². The summed E-state index contributed by atoms with van der Waals surface area (Å²) >= 11 is 0. The zero-order valence-electron chi connectivity index (χ0n) is 19.1. The smallest absolute Gasteiger partial charge is 0.338 e. The minimum atomic E-state index is -0.380. The van der Waals surface area contributed by atoms with Crippen LogP contribution in [0.1, 0.15) is 45.2 Å². The molecule has 0 fully saturated rings. The van der Waals surface area contributed by atoms with Gasteiger partial charge in [-0.05, 0) is 54.2 Å². The van der Waals surface area contributed by atoms with Crippen LogP contribution in [-0.2, 0) is 9.53 Å². The maximum atomic E-state index is 12.2. The van der Waals surface area contributed by atoms with Crippen molar-refractivity contribution in [2.45, 2.75) is 40.4 Å². The number of allylic oxidation sites excluding steroid dienone is 2. The zero-order valence-corrected chi connectivity index (χ0v) is 19.1. The number of ether oxygens (including phenoxy) is 3. The summed E-state index contributed by atoms with van der Waals surface area (Å²) in [5.74, 6) is 0.900. The maximum absolute atomic E-state index is 12.2. The number of hydrogen-bond donors (Lipinski definition) is 0. The molecule has 2 aromatic carbocycles. The zero-order chi connectivity index (χ0) is 22.9. The van der Waals surface area contributed by atoms with E-state index in [4.69, 9.17) is 14.2 Å². The molecular weight excluding hydrogens is 388 g/mol. The molecule has 0 aliphatic carbocycles. The highest BCUT2D eigenvalue weighted by Gasteiger charge is 2.18. The lowest BCUT2D eigenvalue weighted by molar-refractivity contribution is -0.130. The van der Waals surface area contributed by atoms with Gasteiger partial charge >= 0.3 is 5.97 Å². The fraction of sp³-hybridized carbons (Fsp3) is 0.296. The van der Waals surface area contributed by atoms with Gasteiger partial charge in [-0.25, -0.2) is 4.79 Å². The lowest BCUT2D eigenvalue weighted by Gasteiger charge is -2.18. The molecule has 1 unspecified atom stereocenters. The van der Waals surface area contributed by atoms with Crippen molar-refractivity contribution in [2.24, 2.45) is 5.41 Å². The number of methoxy groups -OCH3 is 1. The molecule has 0 aliphatic rings. The minimum absolute atomic E-state index is 0.00329. The first-order valence-electron chi connectivity index (χ1n) is 10.3. The summed E-state index contributed by atoms with van der Waals surface area (Å²) in [4.78, 5) is 12.2. The van der Waals surface area contributed by atoms with Crippen LogP contribution in [-0.4, -0.2) is 19.4 Å². The Morgan fingerprint density at radius 2 is 1.42 bits per heavy atom. The first-order chi connectivity index (χ1) is 14.7. The third-order valence-corrected chi connectivity index (χ3v) is 4.33. The van der Waals surface area contributed by atoms with E-state index in [9.17, 15) is 4.79 Å². The summed E-state index contributed by atoms with van der Waals surface area (Å²) in [6.07, 6.45) is 8.25. The fourth-order valence-corrected chi connectivity index (χ4v) is 2.77. The molecule has 4 heteroatoms. The molecule has 0 N–H and O–H groups in total. The molecular formula is C27H32O4. The van der Waals surface area contributed by atoms with Gasteiger partial charge in [0.2, 0.25) is 0 Å². The minimum Gasteiger partial charge on any atom is -0.465 e. The van der Waals surface area contributed by atoms with Gasteiger partial charge in [-0.1, -0.05) is 75.9 Å². The molecule has 0 amide bonds. The second-order valence-electron chi connectivity index (χ2n) is 8.51. The Kier molecular flexibility index (Phi) is 8.83. The van der Waals surface area contributed by atoms with Crippen LogP contribution in [0, 0.1) is 5.41 Å². The van der Waals surface area contributed by atoms with E-state index >= 15 is 0 Å². The lowest BCUT2D eigenvalue weighted by Crippen LogP contribution is -2.16. The van der Waals surface area contributed by atoms with Crippen LogP contribution in [0.5, 0.6) is 11.5 Å². The average Bonchev–Trinajstić information content (AvgIpc) is 2.72.